The third kappa shape index (κ3) is 5.46. The van der Waals surface area contributed by atoms with Gasteiger partial charge in [0.25, 0.3) is 0 Å². The molecule has 0 aliphatic carbocycles. The van der Waals surface area contributed by atoms with Gasteiger partial charge in [-0.1, -0.05) is 36.0 Å². The first kappa shape index (κ1) is 21.4. The highest BCUT2D eigenvalue weighted by Crippen LogP contribution is 2.29. The molecule has 0 spiro atoms. The molecule has 158 valence electrons. The molecule has 0 atom stereocenters. The fraction of sp³-hybridized carbons (Fsp3) is 0.280. The number of carbonyl (C=O) groups excluding carboxylic acids is 2. The van der Waals surface area contributed by atoms with Gasteiger partial charge in [-0.3, -0.25) is 9.59 Å². The second-order valence-corrected chi connectivity index (χ2v) is 8.89. The van der Waals surface area contributed by atoms with Crippen molar-refractivity contribution in [1.29, 1.82) is 0 Å². The Morgan fingerprint density at radius 2 is 1.77 bits per heavy atom. The van der Waals surface area contributed by atoms with Crippen LogP contribution in [0.15, 0.2) is 76.8 Å². The van der Waals surface area contributed by atoms with Gasteiger partial charge in [-0.15, -0.1) is 0 Å². The number of aromatic nitrogens is 2. The maximum Gasteiger partial charge on any atom is 0.184 e. The van der Waals surface area contributed by atoms with E-state index in [0.29, 0.717) is 22.0 Å². The van der Waals surface area contributed by atoms with Crippen LogP contribution in [0.3, 0.4) is 0 Å². The lowest BCUT2D eigenvalue weighted by atomic mass is 9.91. The van der Waals surface area contributed by atoms with Crippen LogP contribution in [0.1, 0.15) is 39.4 Å². The molecule has 5 nitrogen and oxygen atoms in total. The molecule has 1 fully saturated rings. The maximum atomic E-state index is 13.1. The number of pyridine rings is 2. The SMILES string of the molecule is CN1CCC(C(=O)c2cccc(CC(=O)c3cccnc3Sc3ccccc3)n2)CC1. The Morgan fingerprint density at radius 3 is 2.55 bits per heavy atom. The number of hydrogen-bond donors (Lipinski definition) is 0. The number of hydrogen-bond acceptors (Lipinski definition) is 6. The molecule has 6 heteroatoms. The minimum absolute atomic E-state index is 0.0156. The molecule has 0 bridgehead atoms. The number of piperidine rings is 1. The molecule has 0 amide bonds. The Hall–Kier alpha value is -2.83. The van der Waals surface area contributed by atoms with Crippen molar-refractivity contribution in [3.8, 4) is 0 Å². The fourth-order valence-corrected chi connectivity index (χ4v) is 4.66. The lowest BCUT2D eigenvalue weighted by molar-refractivity contribution is 0.0850. The smallest absolute Gasteiger partial charge is 0.184 e. The molecule has 0 unspecified atom stereocenters. The van der Waals surface area contributed by atoms with Gasteiger partial charge in [-0.25, -0.2) is 9.97 Å². The lowest BCUT2D eigenvalue weighted by Crippen LogP contribution is -2.33. The Labute approximate surface area is 186 Å². The van der Waals surface area contributed by atoms with Crippen LogP contribution in [0.25, 0.3) is 0 Å². The molecule has 1 aromatic carbocycles. The molecule has 1 aliphatic rings. The van der Waals surface area contributed by atoms with E-state index < -0.39 is 0 Å². The summed E-state index contributed by atoms with van der Waals surface area (Å²) < 4.78 is 0. The molecule has 0 N–H and O–H groups in total. The van der Waals surface area contributed by atoms with Crippen molar-refractivity contribution in [2.24, 2.45) is 5.92 Å². The third-order valence-electron chi connectivity index (χ3n) is 5.52. The lowest BCUT2D eigenvalue weighted by Gasteiger charge is -2.27. The van der Waals surface area contributed by atoms with E-state index in [1.165, 1.54) is 11.8 Å². The average Bonchev–Trinajstić information content (AvgIpc) is 2.80. The van der Waals surface area contributed by atoms with Gasteiger partial charge in [0.1, 0.15) is 10.7 Å². The van der Waals surface area contributed by atoms with E-state index in [2.05, 4.69) is 21.9 Å². The number of Topliss-reactive ketones (excluding diaryl/α,β-unsaturated/α-hetero) is 2. The Bertz CT molecular complexity index is 1060. The van der Waals surface area contributed by atoms with Gasteiger partial charge in [0.15, 0.2) is 11.6 Å². The zero-order valence-electron chi connectivity index (χ0n) is 17.5. The topological polar surface area (TPSA) is 63.2 Å². The summed E-state index contributed by atoms with van der Waals surface area (Å²) in [6, 6.07) is 18.8. The second kappa shape index (κ2) is 9.98. The summed E-state index contributed by atoms with van der Waals surface area (Å²) in [4.78, 5) is 38.2. The van der Waals surface area contributed by atoms with E-state index in [0.717, 1.165) is 30.8 Å². The van der Waals surface area contributed by atoms with Crippen molar-refractivity contribution < 1.29 is 9.59 Å². The van der Waals surface area contributed by atoms with Gasteiger partial charge in [0.05, 0.1) is 12.0 Å². The number of likely N-dealkylation sites (tertiary alicyclic amines) is 1. The predicted octanol–water partition coefficient (Wildman–Crippen LogP) is 4.58. The first-order valence-corrected chi connectivity index (χ1v) is 11.3. The van der Waals surface area contributed by atoms with Crippen LogP contribution >= 0.6 is 11.8 Å². The van der Waals surface area contributed by atoms with Crippen LogP contribution in [0, 0.1) is 5.92 Å². The van der Waals surface area contributed by atoms with Crippen molar-refractivity contribution in [3.05, 3.63) is 83.8 Å². The molecule has 31 heavy (non-hydrogen) atoms. The Kier molecular flexibility index (Phi) is 6.89. The third-order valence-corrected chi connectivity index (χ3v) is 6.55. The second-order valence-electron chi connectivity index (χ2n) is 7.83. The van der Waals surface area contributed by atoms with Crippen LogP contribution in [0.2, 0.25) is 0 Å². The first-order valence-electron chi connectivity index (χ1n) is 10.5. The highest BCUT2D eigenvalue weighted by Gasteiger charge is 2.25. The molecule has 3 heterocycles. The zero-order chi connectivity index (χ0) is 21.6. The number of carbonyl (C=O) groups is 2. The van der Waals surface area contributed by atoms with Gasteiger partial charge >= 0.3 is 0 Å². The van der Waals surface area contributed by atoms with E-state index in [1.807, 2.05) is 42.5 Å². The van der Waals surface area contributed by atoms with Gasteiger partial charge < -0.3 is 4.90 Å². The molecule has 4 rings (SSSR count). The molecule has 0 radical (unpaired) electrons. The fourth-order valence-electron chi connectivity index (χ4n) is 3.74. The van der Waals surface area contributed by atoms with Crippen LogP contribution in [0.4, 0.5) is 0 Å². The highest BCUT2D eigenvalue weighted by atomic mass is 32.2. The summed E-state index contributed by atoms with van der Waals surface area (Å²) in [5, 5.41) is 0.678. The van der Waals surface area contributed by atoms with Crippen molar-refractivity contribution in [3.63, 3.8) is 0 Å². The van der Waals surface area contributed by atoms with E-state index >= 15 is 0 Å². The monoisotopic (exact) mass is 431 g/mol. The van der Waals surface area contributed by atoms with Crippen LogP contribution in [0.5, 0.6) is 0 Å². The van der Waals surface area contributed by atoms with E-state index in [4.69, 9.17) is 0 Å². The summed E-state index contributed by atoms with van der Waals surface area (Å²) in [5.74, 6) is 0.0499. The van der Waals surface area contributed by atoms with Gasteiger partial charge in [0.2, 0.25) is 0 Å². The quantitative estimate of drug-likeness (QED) is 0.511. The largest absolute Gasteiger partial charge is 0.306 e. The highest BCUT2D eigenvalue weighted by molar-refractivity contribution is 7.99. The van der Waals surface area contributed by atoms with Crippen molar-refractivity contribution in [1.82, 2.24) is 14.9 Å². The maximum absolute atomic E-state index is 13.1. The van der Waals surface area contributed by atoms with Crippen LogP contribution < -0.4 is 0 Å². The minimum atomic E-state index is -0.0529. The molecule has 1 saturated heterocycles. The summed E-state index contributed by atoms with van der Waals surface area (Å²) in [6.07, 6.45) is 3.55. The summed E-state index contributed by atoms with van der Waals surface area (Å²) in [5.41, 5.74) is 1.65. The average molecular weight is 432 g/mol. The van der Waals surface area contributed by atoms with E-state index in [-0.39, 0.29) is 23.9 Å². The molecule has 0 saturated carbocycles. The minimum Gasteiger partial charge on any atom is -0.306 e. The Balaban J connectivity index is 1.48. The molecule has 3 aromatic rings. The summed E-state index contributed by atoms with van der Waals surface area (Å²) in [6.45, 7) is 1.86. The van der Waals surface area contributed by atoms with Gasteiger partial charge in [-0.2, -0.15) is 0 Å². The van der Waals surface area contributed by atoms with Crippen molar-refractivity contribution >= 4 is 23.3 Å². The number of nitrogens with zero attached hydrogens (tertiary/aromatic N) is 3. The van der Waals surface area contributed by atoms with E-state index in [9.17, 15) is 9.59 Å². The zero-order valence-corrected chi connectivity index (χ0v) is 18.3. The predicted molar refractivity (Wildman–Crippen MR) is 122 cm³/mol. The van der Waals surface area contributed by atoms with Crippen LogP contribution in [-0.4, -0.2) is 46.6 Å². The molecule has 1 aliphatic heterocycles. The summed E-state index contributed by atoms with van der Waals surface area (Å²) in [7, 11) is 2.08. The first-order chi connectivity index (χ1) is 15.1. The number of ketones is 2. The van der Waals surface area contributed by atoms with Crippen molar-refractivity contribution in [2.45, 2.75) is 29.2 Å². The number of rotatable bonds is 7. The van der Waals surface area contributed by atoms with Gasteiger partial charge in [-0.05, 0) is 69.4 Å². The van der Waals surface area contributed by atoms with Crippen molar-refractivity contribution in [2.75, 3.05) is 20.1 Å². The normalized spacial score (nSPS) is 15.0. The Morgan fingerprint density at radius 1 is 1.00 bits per heavy atom. The van der Waals surface area contributed by atoms with Crippen LogP contribution in [-0.2, 0) is 6.42 Å². The molecule has 2 aromatic heterocycles. The standard InChI is InChI=1S/C25H25N3O2S/c1-28-15-12-18(13-16-28)24(30)22-11-5-7-19(27-22)17-23(29)21-10-6-14-26-25(21)31-20-8-3-2-4-9-20/h2-11,14,18H,12-13,15-17H2,1H3. The molecular weight excluding hydrogens is 406 g/mol. The van der Waals surface area contributed by atoms with E-state index in [1.54, 1.807) is 24.4 Å². The van der Waals surface area contributed by atoms with Gasteiger partial charge in [0, 0.05) is 22.7 Å². The summed E-state index contributed by atoms with van der Waals surface area (Å²) >= 11 is 1.47. The molecular formula is C25H25N3O2S. The number of benzene rings is 1.